The monoisotopic (exact) mass is 539 g/mol. The van der Waals surface area contributed by atoms with Crippen molar-refractivity contribution in [3.8, 4) is 11.5 Å². The molecule has 11 nitrogen and oxygen atoms in total. The second-order valence-electron chi connectivity index (χ2n) is 9.94. The van der Waals surface area contributed by atoms with Crippen molar-refractivity contribution in [2.45, 2.75) is 49.7 Å². The van der Waals surface area contributed by atoms with Gasteiger partial charge in [0.15, 0.2) is 11.4 Å². The van der Waals surface area contributed by atoms with E-state index in [-0.39, 0.29) is 24.0 Å². The highest BCUT2D eigenvalue weighted by Crippen LogP contribution is 2.54. The maximum Gasteiger partial charge on any atom is 0.573 e. The maximum absolute atomic E-state index is 13.6. The molecule has 1 unspecified atom stereocenters. The molecule has 0 spiro atoms. The molecule has 1 aliphatic heterocycles. The van der Waals surface area contributed by atoms with Gasteiger partial charge in [-0.05, 0) is 44.2 Å². The van der Waals surface area contributed by atoms with Crippen LogP contribution in [0.4, 0.5) is 13.2 Å². The number of benzene rings is 1. The second kappa shape index (κ2) is 8.44. The van der Waals surface area contributed by atoms with Crippen LogP contribution in [-0.2, 0) is 20.8 Å². The molecule has 1 heterocycles. The van der Waals surface area contributed by atoms with Crippen molar-refractivity contribution in [1.82, 2.24) is 5.32 Å². The molecule has 0 aromatic heterocycles. The number of rotatable bonds is 3. The average Bonchev–Trinajstić information content (AvgIpc) is 3.35. The number of ether oxygens (including phenoxy) is 1. The van der Waals surface area contributed by atoms with Crippen LogP contribution in [-0.4, -0.2) is 62.4 Å². The van der Waals surface area contributed by atoms with Gasteiger partial charge in [0.25, 0.3) is 5.91 Å². The molecule has 1 amide bonds. The van der Waals surface area contributed by atoms with Crippen LogP contribution in [0.5, 0.6) is 11.5 Å². The number of primary amides is 1. The van der Waals surface area contributed by atoms with Crippen LogP contribution in [0, 0.1) is 11.8 Å². The molecule has 5 atom stereocenters. The third kappa shape index (κ3) is 3.58. The number of carbonyl (C=O) groups is 3. The van der Waals surface area contributed by atoms with Crippen molar-refractivity contribution in [3.05, 3.63) is 39.7 Å². The summed E-state index contributed by atoms with van der Waals surface area (Å²) >= 11 is 0. The molecule has 3 aliphatic carbocycles. The number of phenolic OH excluding ortho intramolecular Hbond substituents is 1. The number of fused-ring (bicyclic) bond motifs is 3. The molecule has 4 aliphatic rings. The van der Waals surface area contributed by atoms with Crippen molar-refractivity contribution in [1.29, 1.82) is 0 Å². The summed E-state index contributed by atoms with van der Waals surface area (Å²) in [6, 6.07) is -1.23. The Morgan fingerprint density at radius 2 is 1.89 bits per heavy atom. The zero-order chi connectivity index (χ0) is 27.9. The summed E-state index contributed by atoms with van der Waals surface area (Å²) in [7, 11) is 0. The van der Waals surface area contributed by atoms with Crippen LogP contribution in [0.25, 0.3) is 5.76 Å². The number of amides is 1. The topological polar surface area (TPSA) is 205 Å². The number of aliphatic hydroxyl groups is 3. The fourth-order valence-electron chi connectivity index (χ4n) is 6.24. The maximum atomic E-state index is 13.6. The number of ketones is 2. The summed E-state index contributed by atoms with van der Waals surface area (Å²) in [6.07, 6.45) is -4.71. The SMILES string of the molecule is NC(=O)C1=C(O)[C@@]2(O)C(=O)C3=C(O)c4c(O)cc(C5CCCN5)c(OC(F)(F)F)c4C[C@H]3C[C@H]2[C@H](N)C1=O. The fourth-order valence-corrected chi connectivity index (χ4v) is 6.24. The Hall–Kier alpha value is -3.62. The van der Waals surface area contributed by atoms with Crippen LogP contribution >= 0.6 is 0 Å². The first-order chi connectivity index (χ1) is 17.7. The Kier molecular flexibility index (Phi) is 5.78. The van der Waals surface area contributed by atoms with Crippen LogP contribution in [0.3, 0.4) is 0 Å². The van der Waals surface area contributed by atoms with E-state index < -0.39 is 93.1 Å². The van der Waals surface area contributed by atoms with E-state index in [1.54, 1.807) is 0 Å². The van der Waals surface area contributed by atoms with Crippen molar-refractivity contribution in [3.63, 3.8) is 0 Å². The summed E-state index contributed by atoms with van der Waals surface area (Å²) in [5.41, 5.74) is 5.92. The molecule has 2 fully saturated rings. The first-order valence-corrected chi connectivity index (χ1v) is 11.8. The van der Waals surface area contributed by atoms with Gasteiger partial charge in [-0.25, -0.2) is 0 Å². The van der Waals surface area contributed by atoms with E-state index in [0.29, 0.717) is 19.4 Å². The van der Waals surface area contributed by atoms with Gasteiger partial charge in [-0.2, -0.15) is 0 Å². The predicted octanol–water partition coefficient (Wildman–Crippen LogP) is 0.684. The Morgan fingerprint density at radius 1 is 1.21 bits per heavy atom. The molecule has 1 aromatic rings. The molecule has 5 rings (SSSR count). The van der Waals surface area contributed by atoms with Gasteiger partial charge in [-0.15, -0.1) is 13.2 Å². The van der Waals surface area contributed by atoms with E-state index in [4.69, 9.17) is 11.5 Å². The van der Waals surface area contributed by atoms with E-state index in [9.17, 15) is 48.0 Å². The summed E-state index contributed by atoms with van der Waals surface area (Å²) < 4.78 is 44.9. The number of hydrogen-bond donors (Lipinski definition) is 7. The molecule has 0 radical (unpaired) electrons. The normalized spacial score (nSPS) is 31.2. The van der Waals surface area contributed by atoms with E-state index in [0.717, 1.165) is 6.07 Å². The largest absolute Gasteiger partial charge is 0.573 e. The average molecular weight is 539 g/mol. The number of nitrogens with two attached hydrogens (primary N) is 2. The van der Waals surface area contributed by atoms with Gasteiger partial charge in [0.1, 0.15) is 28.6 Å². The van der Waals surface area contributed by atoms with Crippen LogP contribution in [0.15, 0.2) is 23.0 Å². The molecule has 1 saturated heterocycles. The van der Waals surface area contributed by atoms with Gasteiger partial charge in [-0.1, -0.05) is 0 Å². The minimum Gasteiger partial charge on any atom is -0.508 e. The highest BCUT2D eigenvalue weighted by Gasteiger charge is 2.63. The Balaban J connectivity index is 1.72. The van der Waals surface area contributed by atoms with Crippen LogP contribution in [0.1, 0.15) is 42.0 Å². The summed E-state index contributed by atoms with van der Waals surface area (Å²) in [4.78, 5) is 38.0. The molecule has 0 bridgehead atoms. The van der Waals surface area contributed by atoms with Crippen molar-refractivity contribution >= 4 is 23.2 Å². The lowest BCUT2D eigenvalue weighted by Gasteiger charge is -2.48. The second-order valence-corrected chi connectivity index (χ2v) is 9.94. The quantitative estimate of drug-likeness (QED) is 0.268. The number of alkyl halides is 3. The first-order valence-electron chi connectivity index (χ1n) is 11.8. The Bertz CT molecular complexity index is 1350. The smallest absolute Gasteiger partial charge is 0.508 e. The zero-order valence-corrected chi connectivity index (χ0v) is 19.6. The van der Waals surface area contributed by atoms with Gasteiger partial charge in [-0.3, -0.25) is 14.4 Å². The third-order valence-corrected chi connectivity index (χ3v) is 7.88. The molecular formula is C24H24F3N3O8. The number of phenols is 1. The van der Waals surface area contributed by atoms with Crippen LogP contribution < -0.4 is 21.5 Å². The fraction of sp³-hybridized carbons (Fsp3) is 0.458. The number of carbonyl (C=O) groups excluding carboxylic acids is 3. The van der Waals surface area contributed by atoms with Gasteiger partial charge in [0.2, 0.25) is 5.78 Å². The van der Waals surface area contributed by atoms with E-state index in [1.165, 1.54) is 0 Å². The van der Waals surface area contributed by atoms with Gasteiger partial charge < -0.3 is 41.9 Å². The zero-order valence-electron chi connectivity index (χ0n) is 19.6. The number of aliphatic hydroxyl groups excluding tert-OH is 2. The minimum absolute atomic E-state index is 0.0159. The molecule has 14 heteroatoms. The number of nitrogens with one attached hydrogen (secondary N) is 1. The van der Waals surface area contributed by atoms with E-state index in [2.05, 4.69) is 10.1 Å². The number of hydrogen-bond acceptors (Lipinski definition) is 10. The van der Waals surface area contributed by atoms with Crippen molar-refractivity contribution in [2.24, 2.45) is 23.3 Å². The number of Topliss-reactive ketones (excluding diaryl/α,β-unsaturated/α-hetero) is 2. The molecule has 1 saturated carbocycles. The Labute approximate surface area is 212 Å². The standard InChI is InChI=1S/C24H24F3N3O8/c25-24(26,27)38-19-8(11-2-1-3-30-11)6-12(31)14-9(19)4-7-5-10-16(28)18(33)15(22(29)36)21(35)23(10,37)20(34)13(7)17(14)32/h6-7,10-11,16,30-32,35,37H,1-5,28H2,(H2,29,36)/t7-,10-,11?,16-,23-/m0/s1. The van der Waals surface area contributed by atoms with Gasteiger partial charge >= 0.3 is 6.36 Å². The highest BCUT2D eigenvalue weighted by molar-refractivity contribution is 6.24. The van der Waals surface area contributed by atoms with Crippen LogP contribution in [0.2, 0.25) is 0 Å². The minimum atomic E-state index is -5.12. The summed E-state index contributed by atoms with van der Waals surface area (Å²) in [5, 5.41) is 46.9. The van der Waals surface area contributed by atoms with Crippen molar-refractivity contribution < 1.29 is 52.7 Å². The highest BCUT2D eigenvalue weighted by atomic mass is 19.4. The molecular weight excluding hydrogens is 515 g/mol. The number of aromatic hydroxyl groups is 1. The van der Waals surface area contributed by atoms with Gasteiger partial charge in [0.05, 0.1) is 11.6 Å². The number of halogens is 3. The van der Waals surface area contributed by atoms with E-state index >= 15 is 0 Å². The molecule has 1 aromatic carbocycles. The summed E-state index contributed by atoms with van der Waals surface area (Å²) in [5.74, 6) is -9.94. The van der Waals surface area contributed by atoms with Gasteiger partial charge in [0, 0.05) is 28.7 Å². The lowest BCUT2D eigenvalue weighted by atomic mass is 9.58. The third-order valence-electron chi connectivity index (χ3n) is 7.88. The molecule has 204 valence electrons. The first kappa shape index (κ1) is 26.0. The lowest BCUT2D eigenvalue weighted by Crippen LogP contribution is -2.65. The van der Waals surface area contributed by atoms with Crippen molar-refractivity contribution in [2.75, 3.05) is 6.54 Å². The predicted molar refractivity (Wildman–Crippen MR) is 121 cm³/mol. The molecule has 38 heavy (non-hydrogen) atoms. The van der Waals surface area contributed by atoms with E-state index in [1.807, 2.05) is 0 Å². The Morgan fingerprint density at radius 3 is 2.47 bits per heavy atom. The molecule has 9 N–H and O–H groups in total. The summed E-state index contributed by atoms with van der Waals surface area (Å²) in [6.45, 7) is 0.525. The lowest BCUT2D eigenvalue weighted by molar-refractivity contribution is -0.275.